The highest BCUT2D eigenvalue weighted by Crippen LogP contribution is 2.10. The lowest BCUT2D eigenvalue weighted by molar-refractivity contribution is -0.116. The van der Waals surface area contributed by atoms with Crippen molar-refractivity contribution in [2.24, 2.45) is 0 Å². The van der Waals surface area contributed by atoms with Gasteiger partial charge in [-0.25, -0.2) is 0 Å². The highest BCUT2D eigenvalue weighted by Gasteiger charge is 2.00. The third-order valence-corrected chi connectivity index (χ3v) is 2.00. The predicted molar refractivity (Wildman–Crippen MR) is 59.3 cm³/mol. The second-order valence-corrected chi connectivity index (χ2v) is 3.33. The van der Waals surface area contributed by atoms with Crippen LogP contribution in [0.4, 0.5) is 5.69 Å². The Hall–Kier alpha value is -1.82. The molecule has 0 fully saturated rings. The molecule has 1 rings (SSSR count). The molecule has 0 spiro atoms. The van der Waals surface area contributed by atoms with Crippen molar-refractivity contribution in [1.29, 1.82) is 5.26 Å². The van der Waals surface area contributed by atoms with Crippen LogP contribution in [0.2, 0.25) is 0 Å². The van der Waals surface area contributed by atoms with Crippen LogP contribution in [0.1, 0.15) is 25.3 Å². The number of anilines is 1. The van der Waals surface area contributed by atoms with Crippen molar-refractivity contribution in [2.45, 2.75) is 26.2 Å². The molecule has 1 N–H and O–H groups in total. The van der Waals surface area contributed by atoms with Gasteiger partial charge in [-0.15, -0.1) is 0 Å². The summed E-state index contributed by atoms with van der Waals surface area (Å²) >= 11 is 0. The summed E-state index contributed by atoms with van der Waals surface area (Å²) in [5.41, 5.74) is 1.75. The maximum absolute atomic E-state index is 11.3. The molecule has 0 saturated carbocycles. The number of hydrogen-bond acceptors (Lipinski definition) is 2. The molecule has 0 radical (unpaired) electrons. The molecule has 1 aromatic carbocycles. The molecule has 0 heterocycles. The minimum atomic E-state index is 0.0329. The molecule has 0 aliphatic carbocycles. The zero-order valence-corrected chi connectivity index (χ0v) is 8.79. The normalized spacial score (nSPS) is 9.33. The van der Waals surface area contributed by atoms with E-state index in [1.54, 1.807) is 0 Å². The van der Waals surface area contributed by atoms with Crippen LogP contribution < -0.4 is 5.32 Å². The van der Waals surface area contributed by atoms with Gasteiger partial charge in [0.15, 0.2) is 0 Å². The van der Waals surface area contributed by atoms with Gasteiger partial charge in [0.05, 0.1) is 12.5 Å². The molecule has 1 amide bonds. The fourth-order valence-corrected chi connectivity index (χ4v) is 1.25. The first-order valence-corrected chi connectivity index (χ1v) is 5.02. The highest BCUT2D eigenvalue weighted by molar-refractivity contribution is 5.90. The minimum absolute atomic E-state index is 0.0329. The summed E-state index contributed by atoms with van der Waals surface area (Å²) in [6, 6.07) is 9.42. The standard InChI is InChI=1S/C12H14N2O/c1-2-3-12(15)14-11-6-4-10(5-7-11)8-9-13/h4-7H,2-3,8H2,1H3,(H,14,15). The summed E-state index contributed by atoms with van der Waals surface area (Å²) in [7, 11) is 0. The van der Waals surface area contributed by atoms with Crippen LogP contribution >= 0.6 is 0 Å². The summed E-state index contributed by atoms with van der Waals surface area (Å²) in [5, 5.41) is 11.3. The topological polar surface area (TPSA) is 52.9 Å². The lowest BCUT2D eigenvalue weighted by Crippen LogP contribution is -2.10. The van der Waals surface area contributed by atoms with Gasteiger partial charge in [-0.1, -0.05) is 19.1 Å². The first-order valence-electron chi connectivity index (χ1n) is 5.02. The van der Waals surface area contributed by atoms with Crippen LogP contribution in [0.5, 0.6) is 0 Å². The average Bonchev–Trinajstić information content (AvgIpc) is 2.22. The molecule has 1 aromatic rings. The first kappa shape index (κ1) is 11.3. The van der Waals surface area contributed by atoms with E-state index < -0.39 is 0 Å². The third kappa shape index (κ3) is 3.82. The van der Waals surface area contributed by atoms with Crippen LogP contribution in [-0.4, -0.2) is 5.91 Å². The van der Waals surface area contributed by atoms with Crippen LogP contribution in [-0.2, 0) is 11.2 Å². The number of carbonyl (C=O) groups is 1. The van der Waals surface area contributed by atoms with Crippen LogP contribution in [0.25, 0.3) is 0 Å². The van der Waals surface area contributed by atoms with Crippen LogP contribution in [0.15, 0.2) is 24.3 Å². The van der Waals surface area contributed by atoms with Gasteiger partial charge in [0.2, 0.25) is 5.91 Å². The van der Waals surface area contributed by atoms with Crippen molar-refractivity contribution >= 4 is 11.6 Å². The first-order chi connectivity index (χ1) is 7.26. The van der Waals surface area contributed by atoms with Crippen molar-refractivity contribution in [3.8, 4) is 6.07 Å². The van der Waals surface area contributed by atoms with Gasteiger partial charge >= 0.3 is 0 Å². The number of benzene rings is 1. The molecule has 78 valence electrons. The molecular weight excluding hydrogens is 188 g/mol. The quantitative estimate of drug-likeness (QED) is 0.815. The Labute approximate surface area is 89.7 Å². The molecule has 0 unspecified atom stereocenters. The molecule has 15 heavy (non-hydrogen) atoms. The Balaban J connectivity index is 2.57. The molecule has 3 nitrogen and oxygen atoms in total. The summed E-state index contributed by atoms with van der Waals surface area (Å²) < 4.78 is 0. The Morgan fingerprint density at radius 2 is 2.07 bits per heavy atom. The summed E-state index contributed by atoms with van der Waals surface area (Å²) in [6.07, 6.45) is 1.79. The van der Waals surface area contributed by atoms with E-state index in [2.05, 4.69) is 11.4 Å². The molecule has 0 aliphatic rings. The number of amides is 1. The van der Waals surface area contributed by atoms with Gasteiger partial charge in [0, 0.05) is 12.1 Å². The number of rotatable bonds is 4. The van der Waals surface area contributed by atoms with E-state index in [4.69, 9.17) is 5.26 Å². The van der Waals surface area contributed by atoms with E-state index in [0.29, 0.717) is 12.8 Å². The number of nitriles is 1. The maximum atomic E-state index is 11.3. The Kier molecular flexibility index (Phi) is 4.36. The fourth-order valence-electron chi connectivity index (χ4n) is 1.25. The zero-order valence-electron chi connectivity index (χ0n) is 8.79. The van der Waals surface area contributed by atoms with E-state index in [1.165, 1.54) is 0 Å². The van der Waals surface area contributed by atoms with Crippen molar-refractivity contribution < 1.29 is 4.79 Å². The Bertz CT molecular complexity index is 362. The molecule has 0 aromatic heterocycles. The van der Waals surface area contributed by atoms with Crippen molar-refractivity contribution in [3.05, 3.63) is 29.8 Å². The predicted octanol–water partition coefficient (Wildman–Crippen LogP) is 2.49. The second kappa shape index (κ2) is 5.82. The van der Waals surface area contributed by atoms with Gasteiger partial charge in [0.25, 0.3) is 0 Å². The van der Waals surface area contributed by atoms with Gasteiger partial charge < -0.3 is 5.32 Å². The average molecular weight is 202 g/mol. The molecule has 3 heteroatoms. The monoisotopic (exact) mass is 202 g/mol. The fraction of sp³-hybridized carbons (Fsp3) is 0.333. The maximum Gasteiger partial charge on any atom is 0.224 e. The smallest absolute Gasteiger partial charge is 0.224 e. The van der Waals surface area contributed by atoms with E-state index in [1.807, 2.05) is 31.2 Å². The van der Waals surface area contributed by atoms with Gasteiger partial charge in [0.1, 0.15) is 0 Å². The largest absolute Gasteiger partial charge is 0.326 e. The summed E-state index contributed by atoms with van der Waals surface area (Å²) in [6.45, 7) is 1.97. The molecular formula is C12H14N2O. The van der Waals surface area contributed by atoms with Crippen molar-refractivity contribution in [2.75, 3.05) is 5.32 Å². The molecule has 0 aliphatic heterocycles. The number of hydrogen-bond donors (Lipinski definition) is 1. The molecule has 0 atom stereocenters. The minimum Gasteiger partial charge on any atom is -0.326 e. The van der Waals surface area contributed by atoms with E-state index in [-0.39, 0.29) is 5.91 Å². The molecule has 0 saturated heterocycles. The Morgan fingerprint density at radius 1 is 1.40 bits per heavy atom. The SMILES string of the molecule is CCCC(=O)Nc1ccc(CC#N)cc1. The lowest BCUT2D eigenvalue weighted by atomic mass is 10.1. The van der Waals surface area contributed by atoms with Gasteiger partial charge in [-0.05, 0) is 24.1 Å². The number of carbonyl (C=O) groups excluding carboxylic acids is 1. The summed E-state index contributed by atoms with van der Waals surface area (Å²) in [4.78, 5) is 11.3. The lowest BCUT2D eigenvalue weighted by Gasteiger charge is -2.04. The summed E-state index contributed by atoms with van der Waals surface area (Å²) in [5.74, 6) is 0.0329. The van der Waals surface area contributed by atoms with E-state index in [9.17, 15) is 4.79 Å². The number of nitrogens with one attached hydrogen (secondary N) is 1. The highest BCUT2D eigenvalue weighted by atomic mass is 16.1. The van der Waals surface area contributed by atoms with Crippen molar-refractivity contribution in [1.82, 2.24) is 0 Å². The van der Waals surface area contributed by atoms with Crippen LogP contribution in [0, 0.1) is 11.3 Å². The van der Waals surface area contributed by atoms with E-state index >= 15 is 0 Å². The van der Waals surface area contributed by atoms with Gasteiger partial charge in [-0.3, -0.25) is 4.79 Å². The second-order valence-electron chi connectivity index (χ2n) is 3.33. The number of nitrogens with zero attached hydrogens (tertiary/aromatic N) is 1. The Morgan fingerprint density at radius 3 is 2.60 bits per heavy atom. The molecule has 0 bridgehead atoms. The van der Waals surface area contributed by atoms with Crippen LogP contribution in [0.3, 0.4) is 0 Å². The third-order valence-electron chi connectivity index (χ3n) is 2.00. The van der Waals surface area contributed by atoms with Gasteiger partial charge in [-0.2, -0.15) is 5.26 Å². The van der Waals surface area contributed by atoms with Crippen molar-refractivity contribution in [3.63, 3.8) is 0 Å². The zero-order chi connectivity index (χ0) is 11.1. The van der Waals surface area contributed by atoms with E-state index in [0.717, 1.165) is 17.7 Å².